The molecule has 5 heteroatoms. The molecule has 6 atom stereocenters. The number of nitrogens with one attached hydrogen (secondary N) is 1. The Morgan fingerprint density at radius 1 is 0.660 bits per heavy atom. The van der Waals surface area contributed by atoms with Gasteiger partial charge in [-0.1, -0.05) is 134 Å². The lowest BCUT2D eigenvalue weighted by Crippen LogP contribution is -2.38. The van der Waals surface area contributed by atoms with Crippen LogP contribution in [0, 0.1) is 23.7 Å². The first-order valence-corrected chi connectivity index (χ1v) is 20.7. The summed E-state index contributed by atoms with van der Waals surface area (Å²) in [5.74, 6) is 2.94. The molecule has 0 radical (unpaired) electrons. The first kappa shape index (κ1) is 44.3. The van der Waals surface area contributed by atoms with Gasteiger partial charge in [0.15, 0.2) is 0 Å². The van der Waals surface area contributed by atoms with Crippen LogP contribution in [0.4, 0.5) is 0 Å². The van der Waals surface area contributed by atoms with Crippen LogP contribution in [0.25, 0.3) is 0 Å². The number of hydrogen-bond donors (Lipinski definition) is 4. The third-order valence-corrected chi connectivity index (χ3v) is 10.6. The van der Waals surface area contributed by atoms with Crippen LogP contribution in [0.3, 0.4) is 0 Å². The van der Waals surface area contributed by atoms with Crippen LogP contribution >= 0.6 is 0 Å². The molecule has 5 N–H and O–H groups in total. The number of unbranched alkanes of at least 4 members (excludes halogenated alkanes) is 15. The fraction of sp³-hybridized carbons (Fsp3) is 0.905. The van der Waals surface area contributed by atoms with Crippen LogP contribution in [0.2, 0.25) is 0 Å². The largest absolute Gasteiger partial charge is 0.379 e. The fourth-order valence-electron chi connectivity index (χ4n) is 7.64. The molecule has 6 unspecified atom stereocenters. The molecule has 0 heterocycles. The van der Waals surface area contributed by atoms with E-state index in [9.17, 15) is 10.2 Å². The van der Waals surface area contributed by atoms with Gasteiger partial charge in [-0.15, -0.1) is 0 Å². The van der Waals surface area contributed by atoms with E-state index in [1.807, 2.05) is 0 Å². The lowest BCUT2D eigenvalue weighted by molar-refractivity contribution is -0.870. The Morgan fingerprint density at radius 2 is 1.19 bits per heavy atom. The molecule has 0 fully saturated rings. The van der Waals surface area contributed by atoms with Crippen molar-refractivity contribution in [3.8, 4) is 0 Å². The van der Waals surface area contributed by atoms with E-state index in [1.54, 1.807) is 0 Å². The SMILES string of the molecule is CCCCCCC1C=CC(CCCCCCCC(O)NCCC[N+](C)(C)C)C(/C=C\CCCCCCCC(N)O)C1CCCCCC. The van der Waals surface area contributed by atoms with E-state index in [-0.39, 0.29) is 6.23 Å². The highest BCUT2D eigenvalue weighted by molar-refractivity contribution is 5.10. The van der Waals surface area contributed by atoms with Gasteiger partial charge in [0, 0.05) is 13.0 Å². The summed E-state index contributed by atoms with van der Waals surface area (Å²) in [6.45, 7) is 6.69. The highest BCUT2D eigenvalue weighted by Crippen LogP contribution is 2.43. The number of allylic oxidation sites excluding steroid dienone is 4. The normalized spacial score (nSPS) is 21.5. The molecular formula is C42H84N3O2+. The molecule has 1 aliphatic rings. The molecule has 0 spiro atoms. The van der Waals surface area contributed by atoms with Crippen molar-refractivity contribution >= 4 is 0 Å². The predicted molar refractivity (Wildman–Crippen MR) is 206 cm³/mol. The number of nitrogens with zero attached hydrogens (tertiary/aromatic N) is 1. The second-order valence-electron chi connectivity index (χ2n) is 16.2. The second kappa shape index (κ2) is 29.1. The molecule has 278 valence electrons. The van der Waals surface area contributed by atoms with Crippen molar-refractivity contribution < 1.29 is 14.7 Å². The van der Waals surface area contributed by atoms with Crippen molar-refractivity contribution in [3.63, 3.8) is 0 Å². The van der Waals surface area contributed by atoms with E-state index in [0.717, 1.165) is 61.5 Å². The van der Waals surface area contributed by atoms with Gasteiger partial charge in [0.05, 0.1) is 27.7 Å². The molecule has 0 aromatic carbocycles. The summed E-state index contributed by atoms with van der Waals surface area (Å²) in [5, 5.41) is 22.9. The molecule has 1 aliphatic carbocycles. The number of aliphatic hydroxyl groups is 2. The van der Waals surface area contributed by atoms with Crippen molar-refractivity contribution in [1.82, 2.24) is 5.32 Å². The number of nitrogens with two attached hydrogens (primary N) is 1. The Morgan fingerprint density at radius 3 is 1.83 bits per heavy atom. The summed E-state index contributed by atoms with van der Waals surface area (Å²) in [7, 11) is 6.67. The maximum absolute atomic E-state index is 10.3. The fourth-order valence-corrected chi connectivity index (χ4v) is 7.64. The van der Waals surface area contributed by atoms with Crippen molar-refractivity contribution in [2.75, 3.05) is 34.2 Å². The van der Waals surface area contributed by atoms with E-state index < -0.39 is 6.23 Å². The molecular weight excluding hydrogens is 578 g/mol. The molecule has 47 heavy (non-hydrogen) atoms. The Balaban J connectivity index is 2.63. The van der Waals surface area contributed by atoms with Crippen LogP contribution in [0.1, 0.15) is 174 Å². The smallest absolute Gasteiger partial charge is 0.104 e. The van der Waals surface area contributed by atoms with Crippen molar-refractivity contribution in [1.29, 1.82) is 0 Å². The van der Waals surface area contributed by atoms with Gasteiger partial charge in [-0.3, -0.25) is 5.32 Å². The third kappa shape index (κ3) is 25.0. The van der Waals surface area contributed by atoms with Crippen molar-refractivity contribution in [2.45, 2.75) is 187 Å². The van der Waals surface area contributed by atoms with Gasteiger partial charge in [-0.2, -0.15) is 0 Å². The zero-order chi connectivity index (χ0) is 34.6. The Bertz CT molecular complexity index is 747. The van der Waals surface area contributed by atoms with Crippen LogP contribution in [-0.4, -0.2) is 61.4 Å². The van der Waals surface area contributed by atoms with E-state index in [2.05, 4.69) is 64.6 Å². The molecule has 0 aromatic heterocycles. The molecule has 5 nitrogen and oxygen atoms in total. The lowest BCUT2D eigenvalue weighted by atomic mass is 9.66. The van der Waals surface area contributed by atoms with Crippen molar-refractivity contribution in [2.24, 2.45) is 29.4 Å². The first-order valence-electron chi connectivity index (χ1n) is 20.7. The molecule has 0 bridgehead atoms. The van der Waals surface area contributed by atoms with Crippen LogP contribution in [0.15, 0.2) is 24.3 Å². The van der Waals surface area contributed by atoms with Gasteiger partial charge in [0.25, 0.3) is 0 Å². The second-order valence-corrected chi connectivity index (χ2v) is 16.2. The predicted octanol–water partition coefficient (Wildman–Crippen LogP) is 10.3. The third-order valence-electron chi connectivity index (χ3n) is 10.6. The molecule has 0 amide bonds. The monoisotopic (exact) mass is 663 g/mol. The van der Waals surface area contributed by atoms with E-state index in [1.165, 1.54) is 128 Å². The summed E-state index contributed by atoms with van der Waals surface area (Å²) in [6.07, 6.45) is 40.8. The zero-order valence-electron chi connectivity index (χ0n) is 32.3. The van der Waals surface area contributed by atoms with E-state index in [4.69, 9.17) is 5.73 Å². The topological polar surface area (TPSA) is 78.5 Å². The molecule has 1 rings (SSSR count). The van der Waals surface area contributed by atoms with Crippen molar-refractivity contribution in [3.05, 3.63) is 24.3 Å². The van der Waals surface area contributed by atoms with Gasteiger partial charge in [-0.05, 0) is 81.5 Å². The Labute approximate surface area is 294 Å². The van der Waals surface area contributed by atoms with Crippen LogP contribution in [0.5, 0.6) is 0 Å². The van der Waals surface area contributed by atoms with Gasteiger partial charge in [0.2, 0.25) is 0 Å². The molecule has 0 aromatic rings. The lowest BCUT2D eigenvalue weighted by Gasteiger charge is -2.39. The number of rotatable bonds is 32. The summed E-state index contributed by atoms with van der Waals surface area (Å²) < 4.78 is 0.981. The highest BCUT2D eigenvalue weighted by Gasteiger charge is 2.33. The zero-order valence-corrected chi connectivity index (χ0v) is 32.3. The summed E-state index contributed by atoms with van der Waals surface area (Å²) in [5.41, 5.74) is 5.49. The summed E-state index contributed by atoms with van der Waals surface area (Å²) in [4.78, 5) is 0. The minimum Gasteiger partial charge on any atom is -0.379 e. The maximum Gasteiger partial charge on any atom is 0.104 e. The number of hydrogen-bond acceptors (Lipinski definition) is 4. The first-order chi connectivity index (χ1) is 22.7. The standard InChI is InChI=1S/C42H84N3O2/c1-6-8-10-20-27-37-33-34-38(28-21-16-15-19-25-32-42(47)44-35-26-36-45(3,4)5)40(39(37)29-22-11-9-7-2)30-23-17-13-12-14-18-24-31-41(43)46/h23,30,33-34,37-42,44,46-47H,6-22,24-29,31-32,35-36,43H2,1-5H3/q+1/b30-23-. The van der Waals surface area contributed by atoms with Gasteiger partial charge in [-0.25, -0.2) is 0 Å². The molecule has 0 aliphatic heterocycles. The average Bonchev–Trinajstić information content (AvgIpc) is 3.02. The summed E-state index contributed by atoms with van der Waals surface area (Å²) >= 11 is 0. The molecule has 0 saturated heterocycles. The number of quaternary nitrogens is 1. The molecule has 0 saturated carbocycles. The van der Waals surface area contributed by atoms with Gasteiger partial charge in [0.1, 0.15) is 12.5 Å². The van der Waals surface area contributed by atoms with E-state index >= 15 is 0 Å². The van der Waals surface area contributed by atoms with Gasteiger partial charge < -0.3 is 20.4 Å². The maximum atomic E-state index is 10.3. The quantitative estimate of drug-likeness (QED) is 0.0250. The minimum absolute atomic E-state index is 0.350. The van der Waals surface area contributed by atoms with Crippen LogP contribution < -0.4 is 11.1 Å². The Kier molecular flexibility index (Phi) is 27.4. The number of aliphatic hydroxyl groups excluding tert-OH is 2. The summed E-state index contributed by atoms with van der Waals surface area (Å²) in [6, 6.07) is 0. The van der Waals surface area contributed by atoms with E-state index in [0.29, 0.717) is 11.8 Å². The Hall–Kier alpha value is -0.720. The average molecular weight is 663 g/mol. The van der Waals surface area contributed by atoms with Crippen LogP contribution in [-0.2, 0) is 0 Å². The minimum atomic E-state index is -0.643. The van der Waals surface area contributed by atoms with Gasteiger partial charge >= 0.3 is 0 Å². The highest BCUT2D eigenvalue weighted by atomic mass is 16.3.